The number of amides is 2. The van der Waals surface area contributed by atoms with Crippen LogP contribution >= 0.6 is 0 Å². The van der Waals surface area contributed by atoms with Crippen molar-refractivity contribution in [3.05, 3.63) is 41.6 Å². The number of aromatic amines is 1. The Bertz CT molecular complexity index is 805. The largest absolute Gasteiger partial charge is 0.338 e. The van der Waals surface area contributed by atoms with Crippen molar-refractivity contribution in [2.75, 3.05) is 11.9 Å². The van der Waals surface area contributed by atoms with Gasteiger partial charge in [-0.2, -0.15) is 5.10 Å². The van der Waals surface area contributed by atoms with E-state index in [2.05, 4.69) is 20.5 Å². The van der Waals surface area contributed by atoms with Crippen LogP contribution in [0.2, 0.25) is 0 Å². The molecule has 1 aliphatic heterocycles. The number of likely N-dealkylation sites (N-methyl/N-ethyl adjacent to an activating group) is 1. The van der Waals surface area contributed by atoms with Gasteiger partial charge in [-0.25, -0.2) is 9.37 Å². The second-order valence-electron chi connectivity index (χ2n) is 5.86. The molecule has 2 aliphatic rings. The first-order chi connectivity index (χ1) is 11.1. The average Bonchev–Trinajstić information content (AvgIpc) is 3.24. The first-order valence-electron chi connectivity index (χ1n) is 7.30. The molecule has 1 aliphatic carbocycles. The van der Waals surface area contributed by atoms with Crippen LogP contribution in [0.3, 0.4) is 0 Å². The summed E-state index contributed by atoms with van der Waals surface area (Å²) in [6.45, 7) is 0. The Kier molecular flexibility index (Phi) is 2.93. The molecule has 118 valence electrons. The van der Waals surface area contributed by atoms with Crippen LogP contribution in [-0.2, 0) is 4.79 Å². The molecule has 2 aromatic heterocycles. The minimum atomic E-state index is -0.741. The third-order valence-electron chi connectivity index (χ3n) is 4.51. The molecule has 2 N–H and O–H groups in total. The van der Waals surface area contributed by atoms with Gasteiger partial charge in [0.1, 0.15) is 11.9 Å². The molecule has 0 aromatic carbocycles. The molecule has 4 rings (SSSR count). The standard InChI is InChI=1S/C15H14FN5O2/c1-21-13-7(3-2-4-17-13)8-5-9(8)11(15(21)23)19-14(22)12-10(16)6-18-20-12/h2-4,6,8-9,11H,5H2,1H3,(H,18,20)(H,19,22). The molecule has 1 fully saturated rings. The fourth-order valence-corrected chi connectivity index (χ4v) is 3.23. The van der Waals surface area contributed by atoms with E-state index in [0.29, 0.717) is 5.82 Å². The number of carbonyl (C=O) groups excluding carboxylic acids is 2. The van der Waals surface area contributed by atoms with Crippen molar-refractivity contribution in [3.63, 3.8) is 0 Å². The highest BCUT2D eigenvalue weighted by Crippen LogP contribution is 2.53. The summed E-state index contributed by atoms with van der Waals surface area (Å²) in [6, 6.07) is 3.09. The first kappa shape index (κ1) is 13.9. The Morgan fingerprint density at radius 2 is 2.35 bits per heavy atom. The fraction of sp³-hybridized carbons (Fsp3) is 0.333. The van der Waals surface area contributed by atoms with Crippen molar-refractivity contribution in [3.8, 4) is 0 Å². The van der Waals surface area contributed by atoms with Crippen molar-refractivity contribution in [2.24, 2.45) is 5.92 Å². The van der Waals surface area contributed by atoms with Crippen LogP contribution in [-0.4, -0.2) is 40.1 Å². The van der Waals surface area contributed by atoms with Crippen LogP contribution < -0.4 is 10.2 Å². The second-order valence-corrected chi connectivity index (χ2v) is 5.86. The van der Waals surface area contributed by atoms with Gasteiger partial charge >= 0.3 is 0 Å². The molecule has 3 unspecified atom stereocenters. The lowest BCUT2D eigenvalue weighted by molar-refractivity contribution is -0.120. The third kappa shape index (κ3) is 2.09. The highest BCUT2D eigenvalue weighted by atomic mass is 19.1. The van der Waals surface area contributed by atoms with Gasteiger partial charge in [-0.15, -0.1) is 0 Å². The molecule has 0 radical (unpaired) electrons. The predicted molar refractivity (Wildman–Crippen MR) is 78.3 cm³/mol. The maximum atomic E-state index is 13.5. The van der Waals surface area contributed by atoms with Crippen LogP contribution in [0.4, 0.5) is 10.2 Å². The van der Waals surface area contributed by atoms with Crippen LogP contribution in [0.15, 0.2) is 24.5 Å². The molecule has 0 saturated heterocycles. The topological polar surface area (TPSA) is 91.0 Å². The van der Waals surface area contributed by atoms with Gasteiger partial charge in [0.15, 0.2) is 11.5 Å². The maximum absolute atomic E-state index is 13.5. The molecule has 1 saturated carbocycles. The van der Waals surface area contributed by atoms with E-state index in [4.69, 9.17) is 0 Å². The molecular formula is C15H14FN5O2. The third-order valence-corrected chi connectivity index (χ3v) is 4.51. The SMILES string of the molecule is CN1C(=O)C(NC(=O)c2[nH]ncc2F)C2CC2c2cccnc21. The van der Waals surface area contributed by atoms with E-state index in [1.165, 1.54) is 4.90 Å². The number of fused-ring (bicyclic) bond motifs is 3. The fourth-order valence-electron chi connectivity index (χ4n) is 3.23. The summed E-state index contributed by atoms with van der Waals surface area (Å²) in [5.74, 6) is -0.849. The molecule has 2 amide bonds. The predicted octanol–water partition coefficient (Wildman–Crippen LogP) is 0.822. The summed E-state index contributed by atoms with van der Waals surface area (Å²) in [4.78, 5) is 30.6. The number of anilines is 1. The summed E-state index contributed by atoms with van der Waals surface area (Å²) in [6.07, 6.45) is 3.36. The van der Waals surface area contributed by atoms with E-state index < -0.39 is 17.8 Å². The lowest BCUT2D eigenvalue weighted by atomic mass is 10.1. The Balaban J connectivity index is 1.63. The Hall–Kier alpha value is -2.77. The quantitative estimate of drug-likeness (QED) is 0.858. The van der Waals surface area contributed by atoms with E-state index in [1.807, 2.05) is 12.1 Å². The van der Waals surface area contributed by atoms with E-state index >= 15 is 0 Å². The van der Waals surface area contributed by atoms with Crippen molar-refractivity contribution in [1.29, 1.82) is 0 Å². The molecule has 0 bridgehead atoms. The highest BCUT2D eigenvalue weighted by Gasteiger charge is 2.52. The van der Waals surface area contributed by atoms with Crippen molar-refractivity contribution < 1.29 is 14.0 Å². The molecular weight excluding hydrogens is 301 g/mol. The molecule has 3 atom stereocenters. The molecule has 3 heterocycles. The van der Waals surface area contributed by atoms with E-state index in [-0.39, 0.29) is 23.4 Å². The van der Waals surface area contributed by atoms with Gasteiger partial charge in [0.25, 0.3) is 11.8 Å². The number of nitrogens with one attached hydrogen (secondary N) is 2. The zero-order chi connectivity index (χ0) is 16.1. The number of halogens is 1. The second kappa shape index (κ2) is 4.87. The highest BCUT2D eigenvalue weighted by molar-refractivity contribution is 6.02. The van der Waals surface area contributed by atoms with Crippen molar-refractivity contribution in [1.82, 2.24) is 20.5 Å². The zero-order valence-electron chi connectivity index (χ0n) is 12.3. The van der Waals surface area contributed by atoms with Gasteiger partial charge in [0.2, 0.25) is 0 Å². The van der Waals surface area contributed by atoms with E-state index in [1.54, 1.807) is 13.2 Å². The number of hydrogen-bond acceptors (Lipinski definition) is 4. The number of aromatic nitrogens is 3. The van der Waals surface area contributed by atoms with Gasteiger partial charge < -0.3 is 5.32 Å². The summed E-state index contributed by atoms with van der Waals surface area (Å²) in [5.41, 5.74) is 0.746. The number of hydrogen-bond donors (Lipinski definition) is 2. The number of nitrogens with zero attached hydrogens (tertiary/aromatic N) is 3. The average molecular weight is 315 g/mol. The first-order valence-corrected chi connectivity index (χ1v) is 7.30. The van der Waals surface area contributed by atoms with Crippen LogP contribution in [0.1, 0.15) is 28.4 Å². The minimum Gasteiger partial charge on any atom is -0.338 e. The smallest absolute Gasteiger partial charge is 0.273 e. The molecule has 8 heteroatoms. The van der Waals surface area contributed by atoms with E-state index in [0.717, 1.165) is 18.2 Å². The van der Waals surface area contributed by atoms with Crippen LogP contribution in [0.5, 0.6) is 0 Å². The summed E-state index contributed by atoms with van der Waals surface area (Å²) < 4.78 is 13.5. The molecule has 0 spiro atoms. The van der Waals surface area contributed by atoms with Gasteiger partial charge in [-0.3, -0.25) is 19.6 Å². The lowest BCUT2D eigenvalue weighted by Crippen LogP contribution is -2.48. The molecule has 7 nitrogen and oxygen atoms in total. The van der Waals surface area contributed by atoms with E-state index in [9.17, 15) is 14.0 Å². The Morgan fingerprint density at radius 1 is 1.52 bits per heavy atom. The number of H-pyrrole nitrogens is 1. The van der Waals surface area contributed by atoms with Crippen molar-refractivity contribution >= 4 is 17.6 Å². The van der Waals surface area contributed by atoms with Gasteiger partial charge in [-0.1, -0.05) is 6.07 Å². The molecule has 23 heavy (non-hydrogen) atoms. The summed E-state index contributed by atoms with van der Waals surface area (Å²) in [7, 11) is 1.63. The van der Waals surface area contributed by atoms with Gasteiger partial charge in [0, 0.05) is 13.2 Å². The lowest BCUT2D eigenvalue weighted by Gasteiger charge is -2.22. The Labute approximate surface area is 130 Å². The Morgan fingerprint density at radius 3 is 3.09 bits per heavy atom. The zero-order valence-corrected chi connectivity index (χ0v) is 12.3. The van der Waals surface area contributed by atoms with Crippen molar-refractivity contribution in [2.45, 2.75) is 18.4 Å². The monoisotopic (exact) mass is 315 g/mol. The van der Waals surface area contributed by atoms with Crippen LogP contribution in [0.25, 0.3) is 0 Å². The summed E-state index contributed by atoms with van der Waals surface area (Å²) in [5, 5.41) is 8.43. The summed E-state index contributed by atoms with van der Waals surface area (Å²) >= 11 is 0. The number of carbonyl (C=O) groups is 2. The molecule has 2 aromatic rings. The minimum absolute atomic E-state index is 0.00494. The van der Waals surface area contributed by atoms with Gasteiger partial charge in [0.05, 0.1) is 6.20 Å². The maximum Gasteiger partial charge on any atom is 0.273 e. The van der Waals surface area contributed by atoms with Gasteiger partial charge in [-0.05, 0) is 29.9 Å². The normalized spacial score (nSPS) is 25.4. The number of rotatable bonds is 2. The van der Waals surface area contributed by atoms with Crippen LogP contribution in [0, 0.1) is 11.7 Å². The number of pyridine rings is 1.